The first-order valence-corrected chi connectivity index (χ1v) is 13.1. The van der Waals surface area contributed by atoms with Crippen LogP contribution in [0.25, 0.3) is 11.3 Å². The van der Waals surface area contributed by atoms with E-state index in [1.807, 2.05) is 24.3 Å². The van der Waals surface area contributed by atoms with Crippen molar-refractivity contribution in [3.63, 3.8) is 0 Å². The van der Waals surface area contributed by atoms with Gasteiger partial charge in [-0.3, -0.25) is 4.79 Å². The summed E-state index contributed by atoms with van der Waals surface area (Å²) < 4.78 is 0. The molecule has 1 saturated heterocycles. The maximum atomic E-state index is 13.5. The van der Waals surface area contributed by atoms with Crippen LogP contribution in [0.2, 0.25) is 0 Å². The number of thioether (sulfide) groups is 1. The summed E-state index contributed by atoms with van der Waals surface area (Å²) in [6, 6.07) is 20.8. The Balaban J connectivity index is 1.24. The third-order valence-electron chi connectivity index (χ3n) is 7.22. The molecule has 0 spiro atoms. The average Bonchev–Trinajstić information content (AvgIpc) is 3.07. The molecule has 5 rings (SSSR count). The zero-order chi connectivity index (χ0) is 23.9. The molecule has 3 aromatic rings. The first-order chi connectivity index (χ1) is 16.2. The summed E-state index contributed by atoms with van der Waals surface area (Å²) in [5, 5.41) is 9.70. The van der Waals surface area contributed by atoms with Gasteiger partial charge in [-0.25, -0.2) is 0 Å². The number of carbonyl (C=O) groups is 1. The quantitative estimate of drug-likeness (QED) is 0.385. The van der Waals surface area contributed by atoms with Crippen LogP contribution in [0.3, 0.4) is 0 Å². The van der Waals surface area contributed by atoms with Gasteiger partial charge in [0.2, 0.25) is 0 Å². The molecule has 1 aliphatic heterocycles. The zero-order valence-electron chi connectivity index (χ0n) is 20.5. The van der Waals surface area contributed by atoms with E-state index in [1.165, 1.54) is 12.0 Å². The van der Waals surface area contributed by atoms with Gasteiger partial charge in [0.05, 0.1) is 5.69 Å². The Morgan fingerprint density at radius 2 is 1.82 bits per heavy atom. The van der Waals surface area contributed by atoms with Crippen molar-refractivity contribution < 1.29 is 4.79 Å². The lowest BCUT2D eigenvalue weighted by molar-refractivity contribution is 0.0708. The SMILES string of the molecule is Cc1ccc(-c2ccc(SCc3cccc(C(=O)N4CC5(C)CC4CC(C)(C)C5)c3)nn2)cc1. The number of aromatic nitrogens is 2. The van der Waals surface area contributed by atoms with E-state index in [0.717, 1.165) is 52.5 Å². The van der Waals surface area contributed by atoms with Crippen molar-refractivity contribution in [2.45, 2.75) is 63.8 Å². The van der Waals surface area contributed by atoms with Gasteiger partial charge in [-0.2, -0.15) is 0 Å². The molecule has 2 fully saturated rings. The molecule has 5 heteroatoms. The molecule has 1 aliphatic carbocycles. The molecule has 176 valence electrons. The Kier molecular flexibility index (Phi) is 6.01. The smallest absolute Gasteiger partial charge is 0.254 e. The van der Waals surface area contributed by atoms with Crippen LogP contribution >= 0.6 is 11.8 Å². The fourth-order valence-corrected chi connectivity index (χ4v) is 6.85. The Morgan fingerprint density at radius 1 is 1.03 bits per heavy atom. The van der Waals surface area contributed by atoms with Crippen LogP contribution in [0.4, 0.5) is 0 Å². The Labute approximate surface area is 207 Å². The molecule has 2 heterocycles. The van der Waals surface area contributed by atoms with Crippen molar-refractivity contribution in [1.29, 1.82) is 0 Å². The highest BCUT2D eigenvalue weighted by molar-refractivity contribution is 7.98. The second kappa shape index (κ2) is 8.84. The minimum absolute atomic E-state index is 0.181. The van der Waals surface area contributed by atoms with Crippen molar-refractivity contribution in [2.24, 2.45) is 10.8 Å². The molecule has 0 radical (unpaired) electrons. The lowest BCUT2D eigenvalue weighted by Gasteiger charge is -2.39. The van der Waals surface area contributed by atoms with Gasteiger partial charge in [0.15, 0.2) is 0 Å². The van der Waals surface area contributed by atoms with Gasteiger partial charge < -0.3 is 4.90 Å². The summed E-state index contributed by atoms with van der Waals surface area (Å²) in [7, 11) is 0. The van der Waals surface area contributed by atoms with E-state index in [0.29, 0.717) is 11.5 Å². The molecule has 2 bridgehead atoms. The highest BCUT2D eigenvalue weighted by Gasteiger charge is 2.51. The largest absolute Gasteiger partial charge is 0.335 e. The van der Waals surface area contributed by atoms with E-state index in [-0.39, 0.29) is 11.3 Å². The van der Waals surface area contributed by atoms with Gasteiger partial charge in [-0.15, -0.1) is 10.2 Å². The number of carbonyl (C=O) groups excluding carboxylic acids is 1. The molecular formula is C29H33N3OS. The standard InChI is InChI=1S/C29H33N3OS/c1-20-8-10-22(11-9-20)25-12-13-26(31-30-25)34-17-21-6-5-7-23(14-21)27(33)32-19-29(4)16-24(32)15-28(2,3)18-29/h5-14,24H,15-19H2,1-4H3. The maximum Gasteiger partial charge on any atom is 0.254 e. The predicted octanol–water partition coefficient (Wildman–Crippen LogP) is 6.79. The molecule has 1 saturated carbocycles. The van der Waals surface area contributed by atoms with Gasteiger partial charge in [-0.1, -0.05) is 74.5 Å². The first kappa shape index (κ1) is 23.1. The minimum Gasteiger partial charge on any atom is -0.335 e. The number of likely N-dealkylation sites (tertiary alicyclic amines) is 1. The topological polar surface area (TPSA) is 46.1 Å². The van der Waals surface area contributed by atoms with Crippen LogP contribution in [0.5, 0.6) is 0 Å². The second-order valence-corrected chi connectivity index (χ2v) is 12.3. The highest BCUT2D eigenvalue weighted by atomic mass is 32.2. The zero-order valence-corrected chi connectivity index (χ0v) is 21.4. The molecule has 2 aromatic carbocycles. The number of fused-ring (bicyclic) bond motifs is 2. The summed E-state index contributed by atoms with van der Waals surface area (Å²) >= 11 is 1.65. The number of hydrogen-bond acceptors (Lipinski definition) is 4. The van der Waals surface area contributed by atoms with Gasteiger partial charge in [0.25, 0.3) is 5.91 Å². The maximum absolute atomic E-state index is 13.5. The Bertz CT molecular complexity index is 1190. The number of rotatable bonds is 5. The van der Waals surface area contributed by atoms with Crippen molar-refractivity contribution in [3.8, 4) is 11.3 Å². The summed E-state index contributed by atoms with van der Waals surface area (Å²) in [5.74, 6) is 0.939. The molecule has 2 aliphatic rings. The summed E-state index contributed by atoms with van der Waals surface area (Å²) in [4.78, 5) is 15.6. The van der Waals surface area contributed by atoms with Crippen molar-refractivity contribution in [1.82, 2.24) is 15.1 Å². The van der Waals surface area contributed by atoms with Crippen LogP contribution in [0, 0.1) is 17.8 Å². The van der Waals surface area contributed by atoms with Gasteiger partial charge >= 0.3 is 0 Å². The molecule has 1 aromatic heterocycles. The number of nitrogens with zero attached hydrogens (tertiary/aromatic N) is 3. The lowest BCUT2D eigenvalue weighted by Crippen LogP contribution is -2.37. The van der Waals surface area contributed by atoms with Crippen molar-refractivity contribution in [2.75, 3.05) is 6.54 Å². The molecule has 0 N–H and O–H groups in total. The molecular weight excluding hydrogens is 438 g/mol. The summed E-state index contributed by atoms with van der Waals surface area (Å²) in [6.45, 7) is 10.0. The molecule has 2 atom stereocenters. The van der Waals surface area contributed by atoms with Gasteiger partial charge in [0, 0.05) is 29.5 Å². The molecule has 34 heavy (non-hydrogen) atoms. The Morgan fingerprint density at radius 3 is 2.56 bits per heavy atom. The van der Waals surface area contributed by atoms with Gasteiger partial charge in [-0.05, 0) is 66.8 Å². The van der Waals surface area contributed by atoms with Crippen molar-refractivity contribution >= 4 is 17.7 Å². The van der Waals surface area contributed by atoms with E-state index in [4.69, 9.17) is 0 Å². The van der Waals surface area contributed by atoms with E-state index >= 15 is 0 Å². The van der Waals surface area contributed by atoms with Crippen LogP contribution < -0.4 is 0 Å². The summed E-state index contributed by atoms with van der Waals surface area (Å²) in [6.07, 6.45) is 3.43. The number of amides is 1. The normalized spacial score (nSPS) is 23.2. The number of aryl methyl sites for hydroxylation is 1. The van der Waals surface area contributed by atoms with E-state index in [9.17, 15) is 4.79 Å². The van der Waals surface area contributed by atoms with Crippen LogP contribution in [-0.4, -0.2) is 33.6 Å². The second-order valence-electron chi connectivity index (χ2n) is 11.3. The third-order valence-corrected chi connectivity index (χ3v) is 8.21. The first-order valence-electron chi connectivity index (χ1n) is 12.1. The van der Waals surface area contributed by atoms with Crippen LogP contribution in [0.15, 0.2) is 65.7 Å². The van der Waals surface area contributed by atoms with Gasteiger partial charge in [0.1, 0.15) is 5.03 Å². The van der Waals surface area contributed by atoms with Crippen LogP contribution in [0.1, 0.15) is 61.5 Å². The molecule has 2 unspecified atom stereocenters. The lowest BCUT2D eigenvalue weighted by atomic mass is 9.65. The van der Waals surface area contributed by atoms with Crippen molar-refractivity contribution in [3.05, 3.63) is 77.4 Å². The fraction of sp³-hybridized carbons (Fsp3) is 0.414. The van der Waals surface area contributed by atoms with E-state index in [2.05, 4.69) is 79.2 Å². The van der Waals surface area contributed by atoms with E-state index < -0.39 is 0 Å². The third kappa shape index (κ3) is 4.90. The fourth-order valence-electron chi connectivity index (χ4n) is 6.09. The monoisotopic (exact) mass is 471 g/mol. The highest BCUT2D eigenvalue weighted by Crippen LogP contribution is 2.52. The molecule has 4 nitrogen and oxygen atoms in total. The van der Waals surface area contributed by atoms with Crippen LogP contribution in [-0.2, 0) is 5.75 Å². The minimum atomic E-state index is 0.181. The summed E-state index contributed by atoms with van der Waals surface area (Å²) in [5.41, 5.74) is 5.67. The number of benzene rings is 2. The van der Waals surface area contributed by atoms with E-state index in [1.54, 1.807) is 11.8 Å². The Hall–Kier alpha value is -2.66. The number of hydrogen-bond donors (Lipinski definition) is 0. The molecule has 1 amide bonds. The predicted molar refractivity (Wildman–Crippen MR) is 139 cm³/mol. The average molecular weight is 472 g/mol.